The Labute approximate surface area is 167 Å². The first-order chi connectivity index (χ1) is 13.9. The maximum atomic E-state index is 13.8. The number of aliphatic hydroxyl groups excluding tert-OH is 3. The lowest BCUT2D eigenvalue weighted by Gasteiger charge is -2.19. The van der Waals surface area contributed by atoms with E-state index >= 15 is 0 Å². The number of benzene rings is 2. The zero-order chi connectivity index (χ0) is 21.0. The number of carbonyl (C=O) groups is 1. The Morgan fingerprint density at radius 1 is 1.21 bits per heavy atom. The van der Waals surface area contributed by atoms with Crippen LogP contribution in [-0.4, -0.2) is 59.0 Å². The van der Waals surface area contributed by atoms with Gasteiger partial charge in [-0.2, -0.15) is 0 Å². The van der Waals surface area contributed by atoms with Crippen molar-refractivity contribution in [3.8, 4) is 16.9 Å². The van der Waals surface area contributed by atoms with Crippen molar-refractivity contribution < 1.29 is 34.0 Å². The molecule has 156 valence electrons. The van der Waals surface area contributed by atoms with Gasteiger partial charge < -0.3 is 30.1 Å². The van der Waals surface area contributed by atoms with Crippen molar-refractivity contribution in [2.24, 2.45) is 0 Å². The van der Waals surface area contributed by atoms with E-state index < -0.39 is 31.2 Å². The van der Waals surface area contributed by atoms with Crippen molar-refractivity contribution in [3.63, 3.8) is 0 Å². The molecule has 7 nitrogen and oxygen atoms in total. The highest BCUT2D eigenvalue weighted by Gasteiger charge is 2.43. The first-order valence-electron chi connectivity index (χ1n) is 9.31. The second kappa shape index (κ2) is 9.32. The third kappa shape index (κ3) is 5.10. The zero-order valence-corrected chi connectivity index (χ0v) is 15.9. The molecule has 4 atom stereocenters. The van der Waals surface area contributed by atoms with Crippen molar-refractivity contribution in [2.75, 3.05) is 13.2 Å². The average Bonchev–Trinajstić information content (AvgIpc) is 2.96. The van der Waals surface area contributed by atoms with Crippen molar-refractivity contribution in [3.05, 3.63) is 53.8 Å². The van der Waals surface area contributed by atoms with Gasteiger partial charge in [-0.3, -0.25) is 4.79 Å². The van der Waals surface area contributed by atoms with Gasteiger partial charge in [-0.1, -0.05) is 18.2 Å². The predicted octanol–water partition coefficient (Wildman–Crippen LogP) is 0.989. The SMILES string of the molecule is CC(=O)NCCc1ccc(OC2O[C@H](CO)[C@@H](O)[C@H]2O)cc1-c1cccc(F)c1. The Hall–Kier alpha value is -2.52. The molecule has 0 aliphatic carbocycles. The van der Waals surface area contributed by atoms with Crippen LogP contribution in [0, 0.1) is 5.82 Å². The van der Waals surface area contributed by atoms with Crippen LogP contribution in [0.1, 0.15) is 12.5 Å². The fraction of sp³-hybridized carbons (Fsp3) is 0.381. The van der Waals surface area contributed by atoms with E-state index in [2.05, 4.69) is 5.32 Å². The summed E-state index contributed by atoms with van der Waals surface area (Å²) in [6.45, 7) is 1.41. The van der Waals surface area contributed by atoms with Gasteiger partial charge in [0.1, 0.15) is 29.9 Å². The second-order valence-corrected chi connectivity index (χ2v) is 6.89. The summed E-state index contributed by atoms with van der Waals surface area (Å²) in [5.41, 5.74) is 2.21. The lowest BCUT2D eigenvalue weighted by molar-refractivity contribution is -0.118. The molecule has 0 aromatic heterocycles. The molecule has 2 aromatic rings. The molecule has 0 bridgehead atoms. The van der Waals surface area contributed by atoms with E-state index in [0.29, 0.717) is 29.8 Å². The van der Waals surface area contributed by atoms with E-state index in [1.54, 1.807) is 30.3 Å². The molecule has 1 aliphatic rings. The minimum Gasteiger partial charge on any atom is -0.462 e. The van der Waals surface area contributed by atoms with Crippen LogP contribution >= 0.6 is 0 Å². The number of aliphatic hydroxyl groups is 3. The van der Waals surface area contributed by atoms with Gasteiger partial charge in [0.05, 0.1) is 6.61 Å². The quantitative estimate of drug-likeness (QED) is 0.547. The van der Waals surface area contributed by atoms with E-state index in [1.807, 2.05) is 0 Å². The summed E-state index contributed by atoms with van der Waals surface area (Å²) >= 11 is 0. The average molecular weight is 405 g/mol. The number of halogens is 1. The van der Waals surface area contributed by atoms with Gasteiger partial charge in [-0.05, 0) is 47.4 Å². The Kier molecular flexibility index (Phi) is 6.81. The first-order valence-corrected chi connectivity index (χ1v) is 9.31. The highest BCUT2D eigenvalue weighted by atomic mass is 19.1. The lowest BCUT2D eigenvalue weighted by Crippen LogP contribution is -2.35. The molecule has 29 heavy (non-hydrogen) atoms. The van der Waals surface area contributed by atoms with Crippen LogP contribution in [-0.2, 0) is 16.0 Å². The van der Waals surface area contributed by atoms with Crippen molar-refractivity contribution in [1.82, 2.24) is 5.32 Å². The highest BCUT2D eigenvalue weighted by Crippen LogP contribution is 2.31. The van der Waals surface area contributed by atoms with Gasteiger partial charge >= 0.3 is 0 Å². The lowest BCUT2D eigenvalue weighted by atomic mass is 9.97. The Bertz CT molecular complexity index is 861. The number of nitrogens with one attached hydrogen (secondary N) is 1. The molecular formula is C21H24FNO6. The standard InChI is InChI=1S/C21H24FNO6/c1-12(25)23-8-7-13-5-6-16(10-17(13)14-3-2-4-15(22)9-14)28-21-20(27)19(26)18(11-24)29-21/h2-6,9-10,18-21,24,26-27H,7-8,11H2,1H3,(H,23,25)/t18-,19-,20-,21?/m1/s1. The van der Waals surface area contributed by atoms with Gasteiger partial charge in [0, 0.05) is 13.5 Å². The summed E-state index contributed by atoms with van der Waals surface area (Å²) in [6, 6.07) is 11.2. The highest BCUT2D eigenvalue weighted by molar-refractivity contribution is 5.73. The fourth-order valence-electron chi connectivity index (χ4n) is 3.24. The molecule has 1 saturated heterocycles. The van der Waals surface area contributed by atoms with Crippen LogP contribution in [0.15, 0.2) is 42.5 Å². The predicted molar refractivity (Wildman–Crippen MR) is 103 cm³/mol. The molecule has 1 fully saturated rings. The number of amides is 1. The molecule has 8 heteroatoms. The molecule has 4 N–H and O–H groups in total. The largest absolute Gasteiger partial charge is 0.462 e. The normalized spacial score (nSPS) is 23.8. The molecule has 1 amide bonds. The topological polar surface area (TPSA) is 108 Å². The molecule has 2 aromatic carbocycles. The van der Waals surface area contributed by atoms with Gasteiger partial charge in [0.25, 0.3) is 0 Å². The molecule has 1 heterocycles. The molecule has 0 saturated carbocycles. The molecule has 1 unspecified atom stereocenters. The van der Waals surface area contributed by atoms with E-state index in [4.69, 9.17) is 9.47 Å². The van der Waals surface area contributed by atoms with E-state index in [9.17, 15) is 24.5 Å². The van der Waals surface area contributed by atoms with Crippen molar-refractivity contribution in [1.29, 1.82) is 0 Å². The summed E-state index contributed by atoms with van der Waals surface area (Å²) in [7, 11) is 0. The van der Waals surface area contributed by atoms with Gasteiger partial charge in [-0.15, -0.1) is 0 Å². The zero-order valence-electron chi connectivity index (χ0n) is 15.9. The van der Waals surface area contributed by atoms with Gasteiger partial charge in [-0.25, -0.2) is 4.39 Å². The molecular weight excluding hydrogens is 381 g/mol. The van der Waals surface area contributed by atoms with Crippen LogP contribution in [0.4, 0.5) is 4.39 Å². The minimum absolute atomic E-state index is 0.137. The Balaban J connectivity index is 1.86. The monoisotopic (exact) mass is 405 g/mol. The van der Waals surface area contributed by atoms with Crippen LogP contribution in [0.25, 0.3) is 11.1 Å². The molecule has 1 aliphatic heterocycles. The fourth-order valence-corrected chi connectivity index (χ4v) is 3.24. The Morgan fingerprint density at radius 3 is 2.66 bits per heavy atom. The molecule has 3 rings (SSSR count). The van der Waals surface area contributed by atoms with E-state index in [-0.39, 0.29) is 11.7 Å². The number of hydrogen-bond acceptors (Lipinski definition) is 6. The number of rotatable bonds is 7. The molecule has 0 radical (unpaired) electrons. The number of ether oxygens (including phenoxy) is 2. The first kappa shape index (κ1) is 21.2. The summed E-state index contributed by atoms with van der Waals surface area (Å²) in [6.07, 6.45) is -4.13. The second-order valence-electron chi connectivity index (χ2n) is 6.89. The van der Waals surface area contributed by atoms with E-state index in [1.165, 1.54) is 19.1 Å². The number of hydrogen-bond donors (Lipinski definition) is 4. The van der Waals surface area contributed by atoms with Crippen molar-refractivity contribution in [2.45, 2.75) is 37.9 Å². The van der Waals surface area contributed by atoms with Crippen molar-refractivity contribution >= 4 is 5.91 Å². The summed E-state index contributed by atoms with van der Waals surface area (Å²) in [5, 5.41) is 31.9. The maximum Gasteiger partial charge on any atom is 0.229 e. The number of carbonyl (C=O) groups excluding carboxylic acids is 1. The van der Waals surface area contributed by atoms with Crippen LogP contribution in [0.3, 0.4) is 0 Å². The van der Waals surface area contributed by atoms with Crippen LogP contribution in [0.2, 0.25) is 0 Å². The summed E-state index contributed by atoms with van der Waals surface area (Å²) in [4.78, 5) is 11.1. The maximum absolute atomic E-state index is 13.8. The van der Waals surface area contributed by atoms with Gasteiger partial charge in [0.2, 0.25) is 12.2 Å². The smallest absolute Gasteiger partial charge is 0.229 e. The minimum atomic E-state index is -1.32. The van der Waals surface area contributed by atoms with E-state index in [0.717, 1.165) is 5.56 Å². The van der Waals surface area contributed by atoms with Gasteiger partial charge in [0.15, 0.2) is 0 Å². The third-order valence-electron chi connectivity index (χ3n) is 4.74. The summed E-state index contributed by atoms with van der Waals surface area (Å²) < 4.78 is 24.8. The van der Waals surface area contributed by atoms with Crippen LogP contribution < -0.4 is 10.1 Å². The summed E-state index contributed by atoms with van der Waals surface area (Å²) in [5.74, 6) is -0.172. The Morgan fingerprint density at radius 2 is 2.00 bits per heavy atom. The van der Waals surface area contributed by atoms with Crippen LogP contribution in [0.5, 0.6) is 5.75 Å². The third-order valence-corrected chi connectivity index (χ3v) is 4.74. The molecule has 0 spiro atoms.